The molecule has 0 radical (unpaired) electrons. The van der Waals surface area contributed by atoms with Crippen molar-refractivity contribution in [2.45, 2.75) is 38.9 Å². The minimum absolute atomic E-state index is 0.505. The van der Waals surface area contributed by atoms with E-state index < -0.39 is 18.3 Å². The number of rotatable bonds is 4. The normalized spacial score (nSPS) is 15.3. The Bertz CT molecular complexity index is 3670. The van der Waals surface area contributed by atoms with Crippen molar-refractivity contribution >= 4 is 77.2 Å². The molecule has 11 aromatic rings. The van der Waals surface area contributed by atoms with E-state index in [0.29, 0.717) is 0 Å². The quantitative estimate of drug-likeness (QED) is 0.131. The molecule has 0 spiro atoms. The first-order valence-corrected chi connectivity index (χ1v) is 21.7. The lowest BCUT2D eigenvalue weighted by atomic mass is 9.72. The third kappa shape index (κ3) is 4.96. The topological polar surface area (TPSA) is 27.7 Å². The van der Waals surface area contributed by atoms with E-state index in [1.165, 1.54) is 92.8 Å². The lowest BCUT2D eigenvalue weighted by Gasteiger charge is -2.32. The molecule has 0 aliphatic carbocycles. The second kappa shape index (κ2) is 12.8. The Morgan fingerprint density at radius 3 is 1.44 bits per heavy atom. The zero-order valence-electron chi connectivity index (χ0n) is 35.0. The summed E-state index contributed by atoms with van der Waals surface area (Å²) in [5.74, 6) is 1.78. The van der Waals surface area contributed by atoms with Gasteiger partial charge in [0.25, 0.3) is 0 Å². The zero-order chi connectivity index (χ0) is 41.5. The minimum atomic E-state index is -0.557. The smallest absolute Gasteiger partial charge is 0.456 e. The Hall–Kier alpha value is -6.98. The van der Waals surface area contributed by atoms with Crippen LogP contribution in [-0.4, -0.2) is 18.3 Å². The molecule has 0 bridgehead atoms. The highest BCUT2D eigenvalue weighted by molar-refractivity contribution is 6.66. The maximum Gasteiger partial charge on any atom is 0.495 e. The Kier molecular flexibility index (Phi) is 7.37. The summed E-state index contributed by atoms with van der Waals surface area (Å²) in [5.41, 5.74) is 9.48. The average Bonchev–Trinajstić information content (AvgIpc) is 3.53. The molecule has 2 heterocycles. The summed E-state index contributed by atoms with van der Waals surface area (Å²) in [4.78, 5) is 0. The van der Waals surface area contributed by atoms with Crippen LogP contribution < -0.4 is 10.2 Å². The van der Waals surface area contributed by atoms with Gasteiger partial charge in [-0.3, -0.25) is 0 Å². The fourth-order valence-corrected chi connectivity index (χ4v) is 10.6. The molecule has 62 heavy (non-hydrogen) atoms. The van der Waals surface area contributed by atoms with Gasteiger partial charge in [-0.25, -0.2) is 0 Å². The van der Waals surface area contributed by atoms with Crippen molar-refractivity contribution in [3.05, 3.63) is 176 Å². The van der Waals surface area contributed by atoms with E-state index in [4.69, 9.17) is 14.0 Å². The number of ether oxygens (including phenoxy) is 1. The SMILES string of the molecule is CC1(C)OB(c2cc(-c3cccc4ccccc34)c3ccc4c(-c5ccc6c7c(cccc57)-c5ccccc5O6)cc(-c5cccc6ccccc56)c5ccc2c3c54)OC1(C)C. The molecule has 0 amide bonds. The molecule has 0 unspecified atom stereocenters. The Morgan fingerprint density at radius 1 is 0.323 bits per heavy atom. The van der Waals surface area contributed by atoms with Gasteiger partial charge in [-0.05, 0) is 150 Å². The fourth-order valence-electron chi connectivity index (χ4n) is 10.6. The molecule has 11 aromatic carbocycles. The molecule has 2 aliphatic rings. The Morgan fingerprint density at radius 2 is 0.774 bits per heavy atom. The number of benzene rings is 11. The van der Waals surface area contributed by atoms with Gasteiger partial charge in [0.1, 0.15) is 11.5 Å². The summed E-state index contributed by atoms with van der Waals surface area (Å²) in [6.45, 7) is 8.56. The standard InChI is InChI=1S/C58H41BO3/c1-57(2)58(3,4)62-59(61-57)51-33-50(39-22-12-17-35-15-6-8-19-37(35)39)46-27-26-44-49(40-30-31-53-54-42(40)23-13-24-43(54)41-20-9-10-25-52(41)60-53)32-48(45-28-29-47(51)56(46)55(44)45)38-21-11-16-34-14-5-7-18-36(34)38/h5-33H,1-4H3. The van der Waals surface area contributed by atoms with Crippen LogP contribution in [0.3, 0.4) is 0 Å². The summed E-state index contributed by atoms with van der Waals surface area (Å²) < 4.78 is 20.5. The highest BCUT2D eigenvalue weighted by Crippen LogP contribution is 2.52. The van der Waals surface area contributed by atoms with Crippen LogP contribution in [0.4, 0.5) is 0 Å². The highest BCUT2D eigenvalue weighted by atomic mass is 16.7. The second-order valence-corrected chi connectivity index (χ2v) is 18.1. The number of hydrogen-bond donors (Lipinski definition) is 0. The van der Waals surface area contributed by atoms with E-state index in [-0.39, 0.29) is 0 Å². The third-order valence-electron chi connectivity index (χ3n) is 14.3. The third-order valence-corrected chi connectivity index (χ3v) is 14.3. The molecule has 0 N–H and O–H groups in total. The van der Waals surface area contributed by atoms with Crippen LogP contribution in [0.2, 0.25) is 0 Å². The molecule has 0 aromatic heterocycles. The van der Waals surface area contributed by atoms with Gasteiger partial charge >= 0.3 is 7.12 Å². The Balaban J connectivity index is 1.19. The van der Waals surface area contributed by atoms with E-state index in [1.807, 2.05) is 6.07 Å². The summed E-state index contributed by atoms with van der Waals surface area (Å²) in [6, 6.07) is 64.5. The summed E-state index contributed by atoms with van der Waals surface area (Å²) in [5, 5.41) is 14.4. The first-order chi connectivity index (χ1) is 30.2. The predicted octanol–water partition coefficient (Wildman–Crippen LogP) is 15.1. The van der Waals surface area contributed by atoms with Crippen LogP contribution in [0.5, 0.6) is 11.5 Å². The lowest BCUT2D eigenvalue weighted by Crippen LogP contribution is -2.41. The van der Waals surface area contributed by atoms with Crippen molar-refractivity contribution in [1.82, 2.24) is 0 Å². The van der Waals surface area contributed by atoms with Crippen molar-refractivity contribution in [2.24, 2.45) is 0 Å². The van der Waals surface area contributed by atoms with Gasteiger partial charge in [0.05, 0.1) is 11.2 Å². The molecule has 0 atom stereocenters. The molecule has 13 rings (SSSR count). The van der Waals surface area contributed by atoms with Crippen LogP contribution in [-0.2, 0) is 9.31 Å². The first-order valence-electron chi connectivity index (χ1n) is 21.7. The zero-order valence-corrected chi connectivity index (χ0v) is 35.0. The van der Waals surface area contributed by atoms with Crippen molar-refractivity contribution < 1.29 is 14.0 Å². The molecular weight excluding hydrogens is 755 g/mol. The summed E-state index contributed by atoms with van der Waals surface area (Å²) >= 11 is 0. The molecule has 4 heteroatoms. The van der Waals surface area contributed by atoms with E-state index in [1.54, 1.807) is 0 Å². The monoisotopic (exact) mass is 796 g/mol. The maximum absolute atomic E-state index is 6.93. The highest BCUT2D eigenvalue weighted by Gasteiger charge is 2.52. The lowest BCUT2D eigenvalue weighted by molar-refractivity contribution is 0.00578. The van der Waals surface area contributed by atoms with Gasteiger partial charge in [-0.1, -0.05) is 158 Å². The number of para-hydroxylation sites is 1. The average molecular weight is 797 g/mol. The van der Waals surface area contributed by atoms with Crippen molar-refractivity contribution in [3.8, 4) is 56.0 Å². The molecule has 0 saturated carbocycles. The van der Waals surface area contributed by atoms with E-state index >= 15 is 0 Å². The van der Waals surface area contributed by atoms with Crippen LogP contribution >= 0.6 is 0 Å². The Labute approximate surface area is 360 Å². The van der Waals surface area contributed by atoms with Gasteiger partial charge in [-0.2, -0.15) is 0 Å². The van der Waals surface area contributed by atoms with Crippen LogP contribution in [0.15, 0.2) is 176 Å². The van der Waals surface area contributed by atoms with Gasteiger partial charge < -0.3 is 14.0 Å². The molecule has 294 valence electrons. The van der Waals surface area contributed by atoms with Crippen molar-refractivity contribution in [3.63, 3.8) is 0 Å². The van der Waals surface area contributed by atoms with Crippen LogP contribution in [0, 0.1) is 0 Å². The van der Waals surface area contributed by atoms with Gasteiger partial charge in [-0.15, -0.1) is 0 Å². The van der Waals surface area contributed by atoms with Crippen LogP contribution in [0.1, 0.15) is 27.7 Å². The van der Waals surface area contributed by atoms with E-state index in [9.17, 15) is 0 Å². The molecule has 1 fully saturated rings. The van der Waals surface area contributed by atoms with Crippen LogP contribution in [0.25, 0.3) is 109 Å². The van der Waals surface area contributed by atoms with Gasteiger partial charge in [0, 0.05) is 10.9 Å². The van der Waals surface area contributed by atoms with Gasteiger partial charge in [0.15, 0.2) is 0 Å². The number of hydrogen-bond acceptors (Lipinski definition) is 3. The summed E-state index contributed by atoms with van der Waals surface area (Å²) in [6.07, 6.45) is 0. The molecule has 1 saturated heterocycles. The fraction of sp³-hybridized carbons (Fsp3) is 0.103. The van der Waals surface area contributed by atoms with Crippen molar-refractivity contribution in [1.29, 1.82) is 0 Å². The molecule has 2 aliphatic heterocycles. The van der Waals surface area contributed by atoms with E-state index in [2.05, 4.69) is 198 Å². The second-order valence-electron chi connectivity index (χ2n) is 18.1. The minimum Gasteiger partial charge on any atom is -0.456 e. The summed E-state index contributed by atoms with van der Waals surface area (Å²) in [7, 11) is -0.557. The molecule has 3 nitrogen and oxygen atoms in total. The largest absolute Gasteiger partial charge is 0.495 e. The van der Waals surface area contributed by atoms with Gasteiger partial charge in [0.2, 0.25) is 0 Å². The first kappa shape index (κ1) is 35.7. The molecular formula is C58H41BO3. The maximum atomic E-state index is 6.93. The number of fused-ring (bicyclic) bond motifs is 4. The predicted molar refractivity (Wildman–Crippen MR) is 260 cm³/mol. The van der Waals surface area contributed by atoms with E-state index in [0.717, 1.165) is 33.3 Å². The van der Waals surface area contributed by atoms with Crippen molar-refractivity contribution in [2.75, 3.05) is 0 Å².